The third-order valence-electron chi connectivity index (χ3n) is 6.84. The Balaban J connectivity index is 1.71. The van der Waals surface area contributed by atoms with Crippen LogP contribution >= 0.6 is 0 Å². The van der Waals surface area contributed by atoms with E-state index in [1.807, 2.05) is 66.7 Å². The van der Waals surface area contributed by atoms with Gasteiger partial charge in [-0.2, -0.15) is 0 Å². The standard InChI is InChI=1S/C39H42N2O6/c1-5-6-24-41(32-20-14-9-15-21-32)38(44)33(40-37(43)31-18-12-8-13-19-31)25-30-22-23-34(46-28-36(42)47-39(2,3)4)35(26-30)45-27-29-16-10-7-11-17-29/h7-23,25-26H,5-6,24,27-28H2,1-4H3,(H,40,43). The van der Waals surface area contributed by atoms with Gasteiger partial charge in [-0.25, -0.2) is 4.79 Å². The van der Waals surface area contributed by atoms with E-state index in [0.717, 1.165) is 24.1 Å². The minimum atomic E-state index is -0.653. The number of benzene rings is 4. The molecule has 0 aliphatic carbocycles. The Bertz CT molecular complexity index is 1650. The molecule has 0 bridgehead atoms. The lowest BCUT2D eigenvalue weighted by Crippen LogP contribution is -2.39. The highest BCUT2D eigenvalue weighted by atomic mass is 16.6. The zero-order valence-electron chi connectivity index (χ0n) is 27.4. The summed E-state index contributed by atoms with van der Waals surface area (Å²) in [6, 6.07) is 32.9. The number of carbonyl (C=O) groups excluding carboxylic acids is 3. The van der Waals surface area contributed by atoms with Gasteiger partial charge in [-0.1, -0.05) is 86.1 Å². The van der Waals surface area contributed by atoms with Gasteiger partial charge >= 0.3 is 5.97 Å². The van der Waals surface area contributed by atoms with Gasteiger partial charge in [0.15, 0.2) is 18.1 Å². The molecule has 244 valence electrons. The summed E-state index contributed by atoms with van der Waals surface area (Å²) >= 11 is 0. The molecular formula is C39H42N2O6. The number of anilines is 1. The molecule has 0 aromatic heterocycles. The lowest BCUT2D eigenvalue weighted by molar-refractivity contribution is -0.157. The van der Waals surface area contributed by atoms with Gasteiger partial charge in [0.25, 0.3) is 11.8 Å². The maximum absolute atomic E-state index is 14.2. The quantitative estimate of drug-likeness (QED) is 0.113. The summed E-state index contributed by atoms with van der Waals surface area (Å²) < 4.78 is 17.4. The van der Waals surface area contributed by atoms with E-state index in [2.05, 4.69) is 12.2 Å². The topological polar surface area (TPSA) is 94.2 Å². The summed E-state index contributed by atoms with van der Waals surface area (Å²) in [6.45, 7) is 7.83. The van der Waals surface area contributed by atoms with Gasteiger partial charge in [0, 0.05) is 17.8 Å². The number of nitrogens with one attached hydrogen (secondary N) is 1. The van der Waals surface area contributed by atoms with Crippen molar-refractivity contribution in [3.63, 3.8) is 0 Å². The summed E-state index contributed by atoms with van der Waals surface area (Å²) in [5.74, 6) is -0.588. The van der Waals surface area contributed by atoms with Crippen molar-refractivity contribution < 1.29 is 28.6 Å². The van der Waals surface area contributed by atoms with E-state index < -0.39 is 17.5 Å². The van der Waals surface area contributed by atoms with E-state index in [0.29, 0.717) is 29.2 Å². The maximum Gasteiger partial charge on any atom is 0.344 e. The number of hydrogen-bond donors (Lipinski definition) is 1. The fourth-order valence-corrected chi connectivity index (χ4v) is 4.61. The maximum atomic E-state index is 14.2. The second kappa shape index (κ2) is 16.8. The first-order valence-corrected chi connectivity index (χ1v) is 15.7. The monoisotopic (exact) mass is 634 g/mol. The predicted molar refractivity (Wildman–Crippen MR) is 184 cm³/mol. The Kier molecular flexibility index (Phi) is 12.3. The van der Waals surface area contributed by atoms with Crippen LogP contribution in [0.3, 0.4) is 0 Å². The Labute approximate surface area is 277 Å². The van der Waals surface area contributed by atoms with E-state index >= 15 is 0 Å². The molecule has 0 aliphatic heterocycles. The van der Waals surface area contributed by atoms with Crippen molar-refractivity contribution in [2.24, 2.45) is 0 Å². The minimum absolute atomic E-state index is 0.0928. The van der Waals surface area contributed by atoms with Crippen LogP contribution in [0.2, 0.25) is 0 Å². The Hall–Kier alpha value is -5.37. The van der Waals surface area contributed by atoms with E-state index in [-0.39, 0.29) is 24.8 Å². The third-order valence-corrected chi connectivity index (χ3v) is 6.84. The third kappa shape index (κ3) is 10.9. The van der Waals surface area contributed by atoms with Crippen LogP contribution in [0.4, 0.5) is 5.69 Å². The van der Waals surface area contributed by atoms with Gasteiger partial charge < -0.3 is 24.4 Å². The molecule has 8 heteroatoms. The average molecular weight is 635 g/mol. The molecule has 1 N–H and O–H groups in total. The number of rotatable bonds is 14. The highest BCUT2D eigenvalue weighted by Crippen LogP contribution is 2.31. The lowest BCUT2D eigenvalue weighted by Gasteiger charge is -2.24. The zero-order chi connectivity index (χ0) is 33.6. The molecule has 0 aliphatic rings. The first kappa shape index (κ1) is 34.5. The smallest absolute Gasteiger partial charge is 0.344 e. The number of hydrogen-bond acceptors (Lipinski definition) is 6. The Morgan fingerprint density at radius 3 is 2.06 bits per heavy atom. The van der Waals surface area contributed by atoms with E-state index in [9.17, 15) is 14.4 Å². The van der Waals surface area contributed by atoms with Crippen LogP contribution in [0.15, 0.2) is 115 Å². The molecule has 0 saturated carbocycles. The normalized spacial score (nSPS) is 11.4. The fourth-order valence-electron chi connectivity index (χ4n) is 4.61. The number of unbranched alkanes of at least 4 members (excludes halogenated alkanes) is 1. The molecule has 8 nitrogen and oxygen atoms in total. The van der Waals surface area contributed by atoms with Crippen LogP contribution in [0.1, 0.15) is 62.0 Å². The summed E-state index contributed by atoms with van der Waals surface area (Å²) in [4.78, 5) is 41.6. The molecule has 4 rings (SSSR count). The number of nitrogens with zero attached hydrogens (tertiary/aromatic N) is 1. The molecule has 0 saturated heterocycles. The van der Waals surface area contributed by atoms with Gasteiger partial charge in [0.05, 0.1) is 0 Å². The predicted octanol–water partition coefficient (Wildman–Crippen LogP) is 7.59. The van der Waals surface area contributed by atoms with E-state index in [1.54, 1.807) is 74.2 Å². The van der Waals surface area contributed by atoms with Gasteiger partial charge in [-0.05, 0) is 80.8 Å². The zero-order valence-corrected chi connectivity index (χ0v) is 27.4. The molecule has 4 aromatic carbocycles. The first-order valence-electron chi connectivity index (χ1n) is 15.7. The number of carbonyl (C=O) groups is 3. The second-order valence-electron chi connectivity index (χ2n) is 11.9. The highest BCUT2D eigenvalue weighted by molar-refractivity contribution is 6.11. The largest absolute Gasteiger partial charge is 0.485 e. The van der Waals surface area contributed by atoms with Gasteiger partial charge in [0.2, 0.25) is 0 Å². The van der Waals surface area contributed by atoms with Crippen LogP contribution in [0, 0.1) is 0 Å². The molecule has 0 atom stereocenters. The molecule has 4 aromatic rings. The average Bonchev–Trinajstić information content (AvgIpc) is 3.07. The fraction of sp³-hybridized carbons (Fsp3) is 0.256. The number of amides is 2. The molecule has 0 fully saturated rings. The number of esters is 1. The lowest BCUT2D eigenvalue weighted by atomic mass is 10.1. The molecule has 2 amide bonds. The molecule has 0 heterocycles. The molecule has 0 spiro atoms. The molecule has 47 heavy (non-hydrogen) atoms. The van der Waals surface area contributed by atoms with Crippen molar-refractivity contribution >= 4 is 29.5 Å². The molecular weight excluding hydrogens is 592 g/mol. The van der Waals surface area contributed by atoms with E-state index in [4.69, 9.17) is 14.2 Å². The van der Waals surface area contributed by atoms with Gasteiger partial charge in [-0.3, -0.25) is 9.59 Å². The van der Waals surface area contributed by atoms with Crippen molar-refractivity contribution in [2.75, 3.05) is 18.1 Å². The van der Waals surface area contributed by atoms with Crippen molar-refractivity contribution in [1.82, 2.24) is 5.32 Å². The molecule has 0 unspecified atom stereocenters. The Morgan fingerprint density at radius 1 is 0.787 bits per heavy atom. The number of para-hydroxylation sites is 1. The van der Waals surface area contributed by atoms with Crippen LogP contribution in [-0.2, 0) is 20.9 Å². The summed E-state index contributed by atoms with van der Waals surface area (Å²) in [5, 5.41) is 2.86. The van der Waals surface area contributed by atoms with Gasteiger partial charge in [-0.15, -0.1) is 0 Å². The van der Waals surface area contributed by atoms with Gasteiger partial charge in [0.1, 0.15) is 17.9 Å². The summed E-state index contributed by atoms with van der Waals surface area (Å²) in [7, 11) is 0. The Morgan fingerprint density at radius 2 is 1.43 bits per heavy atom. The number of ether oxygens (including phenoxy) is 3. The van der Waals surface area contributed by atoms with Crippen LogP contribution in [0.5, 0.6) is 11.5 Å². The van der Waals surface area contributed by atoms with Crippen molar-refractivity contribution in [3.05, 3.63) is 132 Å². The van der Waals surface area contributed by atoms with Crippen LogP contribution < -0.4 is 19.7 Å². The summed E-state index contributed by atoms with van der Waals surface area (Å²) in [6.07, 6.45) is 3.29. The van der Waals surface area contributed by atoms with Crippen molar-refractivity contribution in [1.29, 1.82) is 0 Å². The van der Waals surface area contributed by atoms with E-state index in [1.165, 1.54) is 0 Å². The SMILES string of the molecule is CCCCN(C(=O)C(=Cc1ccc(OCC(=O)OC(C)(C)C)c(OCc2ccccc2)c1)NC(=O)c1ccccc1)c1ccccc1. The summed E-state index contributed by atoms with van der Waals surface area (Å²) in [5.41, 5.74) is 2.10. The highest BCUT2D eigenvalue weighted by Gasteiger charge is 2.23. The molecule has 0 radical (unpaired) electrons. The van der Waals surface area contributed by atoms with Crippen LogP contribution in [0.25, 0.3) is 6.08 Å². The van der Waals surface area contributed by atoms with Crippen molar-refractivity contribution in [3.8, 4) is 11.5 Å². The second-order valence-corrected chi connectivity index (χ2v) is 11.9. The minimum Gasteiger partial charge on any atom is -0.485 e. The van der Waals surface area contributed by atoms with Crippen molar-refractivity contribution in [2.45, 2.75) is 52.7 Å². The van der Waals surface area contributed by atoms with Crippen LogP contribution in [-0.4, -0.2) is 36.5 Å². The first-order chi connectivity index (χ1) is 22.6.